The van der Waals surface area contributed by atoms with Crippen molar-refractivity contribution in [3.8, 4) is 0 Å². The molecule has 28 heavy (non-hydrogen) atoms. The Morgan fingerprint density at radius 3 is 2.54 bits per heavy atom. The third kappa shape index (κ3) is 3.05. The second-order valence-electron chi connectivity index (χ2n) is 7.86. The highest BCUT2D eigenvalue weighted by Gasteiger charge is 2.31. The molecule has 1 atom stereocenters. The summed E-state index contributed by atoms with van der Waals surface area (Å²) in [5.41, 5.74) is 4.82. The number of carbonyl (C=O) groups is 1. The summed E-state index contributed by atoms with van der Waals surface area (Å²) in [6, 6.07) is 15.0. The molecule has 5 rings (SSSR count). The largest absolute Gasteiger partial charge is 0.368 e. The molecule has 2 aliphatic rings. The number of piperazine rings is 1. The number of nitrogens with one attached hydrogen (secondary N) is 1. The Hall–Kier alpha value is -2.82. The molecular formula is C23H24FN3O. The number of fused-ring (bicyclic) bond motifs is 3. The molecule has 0 spiro atoms. The van der Waals surface area contributed by atoms with Gasteiger partial charge in [-0.05, 0) is 55.2 Å². The van der Waals surface area contributed by atoms with E-state index in [1.807, 2.05) is 23.1 Å². The van der Waals surface area contributed by atoms with Gasteiger partial charge in [-0.2, -0.15) is 0 Å². The second kappa shape index (κ2) is 6.97. The number of halogens is 1. The molecule has 144 valence electrons. The van der Waals surface area contributed by atoms with E-state index in [1.54, 1.807) is 0 Å². The van der Waals surface area contributed by atoms with Crippen molar-refractivity contribution < 1.29 is 9.18 Å². The summed E-state index contributed by atoms with van der Waals surface area (Å²) in [6.45, 7) is 3.05. The van der Waals surface area contributed by atoms with Crippen molar-refractivity contribution in [1.29, 1.82) is 0 Å². The number of rotatable bonds is 2. The van der Waals surface area contributed by atoms with Crippen molar-refractivity contribution in [3.05, 3.63) is 65.6 Å². The average molecular weight is 377 g/mol. The van der Waals surface area contributed by atoms with Gasteiger partial charge in [0, 0.05) is 54.4 Å². The molecule has 1 aliphatic carbocycles. The number of hydrogen-bond acceptors (Lipinski definition) is 2. The standard InChI is InChI=1S/C23H24FN3O/c24-17-6-8-18(9-7-17)26-11-13-27(14-12-26)23(28)16-5-10-22-20(15-16)19-3-1-2-4-21(19)25-22/h1-4,6-9,16,25H,5,10-15H2. The van der Waals surface area contributed by atoms with Crippen LogP contribution in [-0.4, -0.2) is 42.0 Å². The van der Waals surface area contributed by atoms with Gasteiger partial charge in [0.2, 0.25) is 5.91 Å². The highest BCUT2D eigenvalue weighted by atomic mass is 19.1. The summed E-state index contributed by atoms with van der Waals surface area (Å²) in [6.07, 6.45) is 2.68. The Morgan fingerprint density at radius 2 is 1.75 bits per heavy atom. The predicted molar refractivity (Wildman–Crippen MR) is 109 cm³/mol. The molecule has 5 heteroatoms. The summed E-state index contributed by atoms with van der Waals surface area (Å²) < 4.78 is 13.1. The lowest BCUT2D eigenvalue weighted by molar-refractivity contribution is -0.136. The molecule has 1 fully saturated rings. The van der Waals surface area contributed by atoms with Gasteiger partial charge in [-0.15, -0.1) is 0 Å². The van der Waals surface area contributed by atoms with E-state index in [9.17, 15) is 9.18 Å². The third-order valence-electron chi connectivity index (χ3n) is 6.23. The molecule has 0 radical (unpaired) electrons. The van der Waals surface area contributed by atoms with Gasteiger partial charge >= 0.3 is 0 Å². The van der Waals surface area contributed by atoms with Crippen LogP contribution in [0.4, 0.5) is 10.1 Å². The molecule has 1 saturated heterocycles. The van der Waals surface area contributed by atoms with Gasteiger partial charge in [-0.25, -0.2) is 4.39 Å². The molecular weight excluding hydrogens is 353 g/mol. The SMILES string of the molecule is O=C(C1CCc2[nH]c3ccccc3c2C1)N1CCN(c2ccc(F)cc2)CC1. The van der Waals surface area contributed by atoms with Crippen molar-refractivity contribution in [1.82, 2.24) is 9.88 Å². The maximum absolute atomic E-state index is 13.2. The number of aromatic nitrogens is 1. The summed E-state index contributed by atoms with van der Waals surface area (Å²) in [5, 5.41) is 1.26. The molecule has 1 aliphatic heterocycles. The molecule has 3 aromatic rings. The van der Waals surface area contributed by atoms with Gasteiger partial charge in [0.05, 0.1) is 0 Å². The van der Waals surface area contributed by atoms with E-state index in [1.165, 1.54) is 34.3 Å². The van der Waals surface area contributed by atoms with Gasteiger partial charge < -0.3 is 14.8 Å². The van der Waals surface area contributed by atoms with Crippen LogP contribution >= 0.6 is 0 Å². The fourth-order valence-corrected chi connectivity index (χ4v) is 4.68. The van der Waals surface area contributed by atoms with Crippen LogP contribution < -0.4 is 4.90 Å². The van der Waals surface area contributed by atoms with E-state index in [0.717, 1.165) is 51.1 Å². The van der Waals surface area contributed by atoms with E-state index in [0.29, 0.717) is 0 Å². The van der Waals surface area contributed by atoms with Crippen molar-refractivity contribution in [2.75, 3.05) is 31.1 Å². The first kappa shape index (κ1) is 17.3. The Balaban J connectivity index is 1.26. The first-order valence-electron chi connectivity index (χ1n) is 10.1. The van der Waals surface area contributed by atoms with Crippen LogP contribution in [0.2, 0.25) is 0 Å². The topological polar surface area (TPSA) is 39.3 Å². The lowest BCUT2D eigenvalue weighted by Crippen LogP contribution is -2.51. The number of aryl methyl sites for hydroxylation is 1. The number of benzene rings is 2. The minimum absolute atomic E-state index is 0.0732. The third-order valence-corrected chi connectivity index (χ3v) is 6.23. The van der Waals surface area contributed by atoms with Crippen molar-refractivity contribution in [3.63, 3.8) is 0 Å². The number of anilines is 1. The van der Waals surface area contributed by atoms with E-state index in [-0.39, 0.29) is 17.6 Å². The zero-order valence-electron chi connectivity index (χ0n) is 15.8. The number of carbonyl (C=O) groups excluding carboxylic acids is 1. The molecule has 1 N–H and O–H groups in total. The van der Waals surface area contributed by atoms with Gasteiger partial charge in [0.25, 0.3) is 0 Å². The van der Waals surface area contributed by atoms with E-state index in [2.05, 4.69) is 28.1 Å². The Morgan fingerprint density at radius 1 is 1.00 bits per heavy atom. The van der Waals surface area contributed by atoms with Crippen LogP contribution in [0, 0.1) is 11.7 Å². The minimum Gasteiger partial charge on any atom is -0.368 e. The maximum Gasteiger partial charge on any atom is 0.226 e. The van der Waals surface area contributed by atoms with Gasteiger partial charge in [0.15, 0.2) is 0 Å². The molecule has 1 amide bonds. The zero-order valence-corrected chi connectivity index (χ0v) is 15.8. The van der Waals surface area contributed by atoms with Crippen LogP contribution in [0.15, 0.2) is 48.5 Å². The molecule has 2 heterocycles. The molecule has 2 aromatic carbocycles. The van der Waals surface area contributed by atoms with Crippen LogP contribution in [0.3, 0.4) is 0 Å². The summed E-state index contributed by atoms with van der Waals surface area (Å²) in [4.78, 5) is 20.9. The van der Waals surface area contributed by atoms with Crippen molar-refractivity contribution in [2.45, 2.75) is 19.3 Å². The molecule has 0 saturated carbocycles. The molecule has 1 aromatic heterocycles. The first-order valence-corrected chi connectivity index (χ1v) is 10.1. The molecule has 1 unspecified atom stereocenters. The highest BCUT2D eigenvalue weighted by molar-refractivity contribution is 5.87. The number of amides is 1. The van der Waals surface area contributed by atoms with Gasteiger partial charge in [-0.3, -0.25) is 4.79 Å². The van der Waals surface area contributed by atoms with Crippen LogP contribution in [0.5, 0.6) is 0 Å². The fourth-order valence-electron chi connectivity index (χ4n) is 4.68. The smallest absolute Gasteiger partial charge is 0.226 e. The number of para-hydroxylation sites is 1. The lowest BCUT2D eigenvalue weighted by Gasteiger charge is -2.38. The zero-order chi connectivity index (χ0) is 19.1. The quantitative estimate of drug-likeness (QED) is 0.739. The normalized spacial score (nSPS) is 19.7. The van der Waals surface area contributed by atoms with E-state index in [4.69, 9.17) is 0 Å². The number of H-pyrrole nitrogens is 1. The Labute approximate surface area is 163 Å². The van der Waals surface area contributed by atoms with Crippen molar-refractivity contribution in [2.24, 2.45) is 5.92 Å². The van der Waals surface area contributed by atoms with Crippen LogP contribution in [0.25, 0.3) is 10.9 Å². The summed E-state index contributed by atoms with van der Waals surface area (Å²) in [5.74, 6) is 0.144. The maximum atomic E-state index is 13.2. The average Bonchev–Trinajstić information content (AvgIpc) is 3.12. The lowest BCUT2D eigenvalue weighted by atomic mass is 9.85. The summed E-state index contributed by atoms with van der Waals surface area (Å²) in [7, 11) is 0. The van der Waals surface area contributed by atoms with E-state index < -0.39 is 0 Å². The predicted octanol–water partition coefficient (Wildman–Crippen LogP) is 3.76. The highest BCUT2D eigenvalue weighted by Crippen LogP contribution is 2.32. The first-order chi connectivity index (χ1) is 13.7. The Kier molecular flexibility index (Phi) is 4.30. The second-order valence-corrected chi connectivity index (χ2v) is 7.86. The number of aromatic amines is 1. The molecule has 0 bridgehead atoms. The van der Waals surface area contributed by atoms with E-state index >= 15 is 0 Å². The van der Waals surface area contributed by atoms with Gasteiger partial charge in [0.1, 0.15) is 5.82 Å². The monoisotopic (exact) mass is 377 g/mol. The number of hydrogen-bond donors (Lipinski definition) is 1. The van der Waals surface area contributed by atoms with Crippen molar-refractivity contribution >= 4 is 22.5 Å². The van der Waals surface area contributed by atoms with Gasteiger partial charge in [-0.1, -0.05) is 18.2 Å². The van der Waals surface area contributed by atoms with Crippen LogP contribution in [-0.2, 0) is 17.6 Å². The minimum atomic E-state index is -0.216. The molecule has 4 nitrogen and oxygen atoms in total. The van der Waals surface area contributed by atoms with Crippen LogP contribution in [0.1, 0.15) is 17.7 Å². The number of nitrogens with zero attached hydrogens (tertiary/aromatic N) is 2. The summed E-state index contributed by atoms with van der Waals surface area (Å²) >= 11 is 0. The Bertz CT molecular complexity index is 1000. The fraction of sp³-hybridized carbons (Fsp3) is 0.348.